The number of amides is 1. The van der Waals surface area contributed by atoms with Gasteiger partial charge in [0.05, 0.1) is 10.5 Å². The number of aromatic nitrogens is 3. The minimum absolute atomic E-state index is 0.00902. The highest BCUT2D eigenvalue weighted by Crippen LogP contribution is 2.37. The number of anilines is 1. The number of sulfonamides is 1. The van der Waals surface area contributed by atoms with E-state index in [-0.39, 0.29) is 47.4 Å². The Balaban J connectivity index is 1.43. The van der Waals surface area contributed by atoms with Crippen molar-refractivity contribution in [2.24, 2.45) is 0 Å². The van der Waals surface area contributed by atoms with Crippen LogP contribution in [0.5, 0.6) is 5.75 Å². The number of rotatable bonds is 8. The lowest BCUT2D eigenvalue weighted by molar-refractivity contribution is -0.144. The van der Waals surface area contributed by atoms with Gasteiger partial charge in [0.15, 0.2) is 15.9 Å². The van der Waals surface area contributed by atoms with Crippen LogP contribution in [0, 0.1) is 0 Å². The molecule has 5 rings (SSSR count). The third-order valence-corrected chi connectivity index (χ3v) is 10.2. The summed E-state index contributed by atoms with van der Waals surface area (Å²) in [6, 6.07) is 6.37. The van der Waals surface area contributed by atoms with Gasteiger partial charge in [-0.2, -0.15) is 44.4 Å². The van der Waals surface area contributed by atoms with Gasteiger partial charge in [0.25, 0.3) is 0 Å². The molecule has 47 heavy (non-hydrogen) atoms. The minimum Gasteiger partial charge on any atom is -0.435 e. The van der Waals surface area contributed by atoms with Crippen LogP contribution < -0.4 is 15.0 Å². The first-order valence-electron chi connectivity index (χ1n) is 13.1. The Kier molecular flexibility index (Phi) is 9.50. The SMILES string of the molecule is O=C(NCc1ccc(OC(F)F)cc1)[C@H]1CN(c2nc3nc(C(F)(F)F)nc(Cl)c3s2)CCN1S(=O)(=O)c1ccc(C(F)(F)F)cc1. The topological polar surface area (TPSA) is 118 Å². The highest BCUT2D eigenvalue weighted by molar-refractivity contribution is 7.89. The lowest BCUT2D eigenvalue weighted by Gasteiger charge is -2.39. The molecule has 0 aliphatic carbocycles. The summed E-state index contributed by atoms with van der Waals surface area (Å²) >= 11 is 6.76. The van der Waals surface area contributed by atoms with Crippen LogP contribution in [-0.2, 0) is 33.7 Å². The van der Waals surface area contributed by atoms with Crippen molar-refractivity contribution in [3.05, 3.63) is 70.6 Å². The second-order valence-electron chi connectivity index (χ2n) is 9.82. The fourth-order valence-corrected chi connectivity index (χ4v) is 7.30. The fraction of sp³-hybridized carbons (Fsp3) is 0.308. The van der Waals surface area contributed by atoms with E-state index in [9.17, 15) is 48.3 Å². The van der Waals surface area contributed by atoms with Gasteiger partial charge >= 0.3 is 19.0 Å². The number of carbonyl (C=O) groups excluding carboxylic acids is 1. The van der Waals surface area contributed by atoms with Gasteiger partial charge in [-0.25, -0.2) is 18.4 Å². The zero-order chi connectivity index (χ0) is 34.3. The van der Waals surface area contributed by atoms with E-state index < -0.39 is 62.4 Å². The molecule has 1 amide bonds. The van der Waals surface area contributed by atoms with Gasteiger partial charge in [-0.15, -0.1) is 0 Å². The Morgan fingerprint density at radius 2 is 1.64 bits per heavy atom. The number of carbonyl (C=O) groups is 1. The average molecular weight is 731 g/mol. The number of piperazine rings is 1. The first-order chi connectivity index (χ1) is 21.9. The van der Waals surface area contributed by atoms with Crippen molar-refractivity contribution in [1.29, 1.82) is 0 Å². The van der Waals surface area contributed by atoms with E-state index in [0.29, 0.717) is 17.7 Å². The molecule has 21 heteroatoms. The fourth-order valence-electron chi connectivity index (χ4n) is 4.53. The molecule has 2 aromatic heterocycles. The molecule has 1 aliphatic heterocycles. The number of hydrogen-bond donors (Lipinski definition) is 1. The third-order valence-electron chi connectivity index (χ3n) is 6.76. The van der Waals surface area contributed by atoms with Crippen LogP contribution in [-0.4, -0.2) is 65.9 Å². The van der Waals surface area contributed by atoms with Crippen LogP contribution in [0.15, 0.2) is 53.4 Å². The molecule has 1 N–H and O–H groups in total. The summed E-state index contributed by atoms with van der Waals surface area (Å²) in [5.74, 6) is -2.52. The van der Waals surface area contributed by atoms with Gasteiger partial charge in [-0.05, 0) is 42.0 Å². The zero-order valence-electron chi connectivity index (χ0n) is 23.2. The molecule has 10 nitrogen and oxygen atoms in total. The quantitative estimate of drug-likeness (QED) is 0.185. The van der Waals surface area contributed by atoms with Crippen LogP contribution >= 0.6 is 22.9 Å². The molecule has 1 fully saturated rings. The van der Waals surface area contributed by atoms with Gasteiger partial charge in [0, 0.05) is 26.2 Å². The van der Waals surface area contributed by atoms with E-state index in [1.54, 1.807) is 0 Å². The number of nitrogens with zero attached hydrogens (tertiary/aromatic N) is 5. The standard InChI is InChI=1S/C26H19ClF8N6O4S2/c27-19-18-20(38-22(37-19)26(33,34)35)39-24(46-18)40-9-10-41(47(43,44)16-7-3-14(4-8-16)25(30,31)32)17(12-40)21(42)36-11-13-1-5-15(6-2-13)45-23(28)29/h1-8,17,23H,9-12H2,(H,36,42)/t17-/m1/s1. The molecule has 0 radical (unpaired) electrons. The highest BCUT2D eigenvalue weighted by atomic mass is 35.5. The largest absolute Gasteiger partial charge is 0.451 e. The number of alkyl halides is 8. The van der Waals surface area contributed by atoms with Crippen molar-refractivity contribution in [2.45, 2.75) is 36.4 Å². The van der Waals surface area contributed by atoms with E-state index >= 15 is 0 Å². The number of nitrogens with one attached hydrogen (secondary N) is 1. The normalized spacial score (nSPS) is 16.6. The molecule has 0 spiro atoms. The maximum absolute atomic E-state index is 13.6. The Morgan fingerprint density at radius 3 is 2.23 bits per heavy atom. The first kappa shape index (κ1) is 34.5. The maximum atomic E-state index is 13.6. The van der Waals surface area contributed by atoms with Gasteiger partial charge in [-0.3, -0.25) is 4.79 Å². The van der Waals surface area contributed by atoms with E-state index in [0.717, 1.165) is 27.8 Å². The smallest absolute Gasteiger partial charge is 0.435 e. The number of ether oxygens (including phenoxy) is 1. The molecule has 2 aromatic carbocycles. The summed E-state index contributed by atoms with van der Waals surface area (Å²) in [5.41, 5.74) is -1.05. The molecular formula is C26H19ClF8N6O4S2. The number of fused-ring (bicyclic) bond motifs is 1. The predicted molar refractivity (Wildman–Crippen MR) is 151 cm³/mol. The Hall–Kier alpha value is -3.88. The average Bonchev–Trinajstić information content (AvgIpc) is 3.44. The first-order valence-corrected chi connectivity index (χ1v) is 15.7. The van der Waals surface area contributed by atoms with Crippen LogP contribution in [0.1, 0.15) is 17.0 Å². The van der Waals surface area contributed by atoms with Crippen LogP contribution in [0.2, 0.25) is 5.15 Å². The number of thiazole rings is 1. The Morgan fingerprint density at radius 1 is 0.979 bits per heavy atom. The number of benzene rings is 2. The van der Waals surface area contributed by atoms with Crippen molar-refractivity contribution >= 4 is 54.3 Å². The molecule has 0 saturated carbocycles. The van der Waals surface area contributed by atoms with Crippen molar-refractivity contribution in [3.8, 4) is 5.75 Å². The van der Waals surface area contributed by atoms with Gasteiger partial charge < -0.3 is 15.0 Å². The second-order valence-corrected chi connectivity index (χ2v) is 13.1. The van der Waals surface area contributed by atoms with E-state index in [1.807, 2.05) is 0 Å². The van der Waals surface area contributed by atoms with Crippen molar-refractivity contribution in [3.63, 3.8) is 0 Å². The highest BCUT2D eigenvalue weighted by Gasteiger charge is 2.42. The molecular weight excluding hydrogens is 712 g/mol. The van der Waals surface area contributed by atoms with E-state index in [2.05, 4.69) is 25.0 Å². The van der Waals surface area contributed by atoms with Crippen LogP contribution in [0.25, 0.3) is 10.3 Å². The molecule has 1 aliphatic rings. The zero-order valence-corrected chi connectivity index (χ0v) is 25.6. The van der Waals surface area contributed by atoms with Gasteiger partial charge in [0.1, 0.15) is 16.5 Å². The Bertz CT molecular complexity index is 1870. The van der Waals surface area contributed by atoms with Crippen molar-refractivity contribution in [1.82, 2.24) is 24.6 Å². The molecule has 1 atom stereocenters. The summed E-state index contributed by atoms with van der Waals surface area (Å²) in [5, 5.41) is 2.08. The minimum atomic E-state index is -4.92. The predicted octanol–water partition coefficient (Wildman–Crippen LogP) is 5.57. The third kappa shape index (κ3) is 7.65. The summed E-state index contributed by atoms with van der Waals surface area (Å²) in [7, 11) is -4.57. The molecule has 0 unspecified atom stereocenters. The molecule has 252 valence electrons. The summed E-state index contributed by atoms with van der Waals surface area (Å²) in [6.45, 7) is -4.15. The molecule has 3 heterocycles. The number of hydrogen-bond acceptors (Lipinski definition) is 9. The van der Waals surface area contributed by atoms with Crippen molar-refractivity contribution in [2.75, 3.05) is 24.5 Å². The monoisotopic (exact) mass is 730 g/mol. The van der Waals surface area contributed by atoms with E-state index in [4.69, 9.17) is 11.6 Å². The molecule has 1 saturated heterocycles. The van der Waals surface area contributed by atoms with Crippen molar-refractivity contribution < 1.29 is 53.1 Å². The summed E-state index contributed by atoms with van der Waals surface area (Å²) in [4.78, 5) is 25.2. The Labute approximate surface area is 269 Å². The van der Waals surface area contributed by atoms with Gasteiger partial charge in [-0.1, -0.05) is 35.1 Å². The lowest BCUT2D eigenvalue weighted by atomic mass is 10.1. The van der Waals surface area contributed by atoms with Crippen LogP contribution in [0.3, 0.4) is 0 Å². The summed E-state index contributed by atoms with van der Waals surface area (Å²) in [6.07, 6.45) is -9.65. The number of halogens is 9. The van der Waals surface area contributed by atoms with E-state index in [1.165, 1.54) is 29.2 Å². The molecule has 0 bridgehead atoms. The van der Waals surface area contributed by atoms with Gasteiger partial charge in [0.2, 0.25) is 21.8 Å². The summed E-state index contributed by atoms with van der Waals surface area (Å²) < 4.78 is 136. The second kappa shape index (κ2) is 13.0. The maximum Gasteiger partial charge on any atom is 0.451 e. The van der Waals surface area contributed by atoms with Crippen LogP contribution in [0.4, 0.5) is 40.3 Å². The lowest BCUT2D eigenvalue weighted by Crippen LogP contribution is -2.60. The molecule has 4 aromatic rings.